The molecule has 1 aromatic heterocycles. The van der Waals surface area contributed by atoms with Crippen molar-refractivity contribution in [3.8, 4) is 11.3 Å². The number of rotatable bonds is 5. The predicted octanol–water partition coefficient (Wildman–Crippen LogP) is 5.14. The van der Waals surface area contributed by atoms with Crippen LogP contribution < -0.4 is 5.32 Å². The third-order valence-electron chi connectivity index (χ3n) is 3.20. The molecule has 0 radical (unpaired) electrons. The van der Waals surface area contributed by atoms with Gasteiger partial charge in [0.15, 0.2) is 0 Å². The number of anilines is 1. The summed E-state index contributed by atoms with van der Waals surface area (Å²) < 4.78 is 0. The van der Waals surface area contributed by atoms with E-state index >= 15 is 0 Å². The van der Waals surface area contributed by atoms with Crippen LogP contribution in [0.25, 0.3) is 11.3 Å². The Labute approximate surface area is 135 Å². The molecule has 0 aliphatic carbocycles. The lowest BCUT2D eigenvalue weighted by molar-refractivity contribution is 0.833. The van der Waals surface area contributed by atoms with Crippen molar-refractivity contribution >= 4 is 29.0 Å². The molecule has 112 valence electrons. The van der Waals surface area contributed by atoms with E-state index in [1.54, 1.807) is 6.07 Å². The predicted molar refractivity (Wildman–Crippen MR) is 90.4 cm³/mol. The smallest absolute Gasteiger partial charge is 0.133 e. The lowest BCUT2D eigenvalue weighted by atomic mass is 10.1. The van der Waals surface area contributed by atoms with Gasteiger partial charge in [0.2, 0.25) is 0 Å². The third-order valence-corrected chi connectivity index (χ3v) is 3.74. The maximum absolute atomic E-state index is 6.33. The van der Waals surface area contributed by atoms with E-state index in [-0.39, 0.29) is 0 Å². The molecule has 2 aromatic rings. The minimum Gasteiger partial charge on any atom is -0.370 e. The maximum atomic E-state index is 6.33. The summed E-state index contributed by atoms with van der Waals surface area (Å²) in [4.78, 5) is 9.28. The van der Waals surface area contributed by atoms with Gasteiger partial charge in [-0.15, -0.1) is 0 Å². The van der Waals surface area contributed by atoms with E-state index in [9.17, 15) is 0 Å². The van der Waals surface area contributed by atoms with Crippen molar-refractivity contribution in [3.63, 3.8) is 0 Å². The van der Waals surface area contributed by atoms with Crippen molar-refractivity contribution in [2.24, 2.45) is 0 Å². The second kappa shape index (κ2) is 7.10. The molecule has 0 aliphatic heterocycles. The zero-order valence-corrected chi connectivity index (χ0v) is 14.0. The molecule has 0 saturated heterocycles. The van der Waals surface area contributed by atoms with Crippen molar-refractivity contribution in [1.29, 1.82) is 0 Å². The number of aryl methyl sites for hydroxylation is 1. The summed E-state index contributed by atoms with van der Waals surface area (Å²) in [7, 11) is 0. The Morgan fingerprint density at radius 1 is 1.14 bits per heavy atom. The molecule has 0 amide bonds. The molecule has 0 fully saturated rings. The van der Waals surface area contributed by atoms with Gasteiger partial charge in [-0.05, 0) is 38.5 Å². The minimum atomic E-state index is 0.606. The van der Waals surface area contributed by atoms with E-state index in [2.05, 4.69) is 29.1 Å². The first-order valence-corrected chi connectivity index (χ1v) is 7.89. The van der Waals surface area contributed by atoms with Gasteiger partial charge in [-0.3, -0.25) is 0 Å². The molecule has 0 saturated carbocycles. The first-order chi connectivity index (χ1) is 10.1. The number of hydrogen-bond acceptors (Lipinski definition) is 3. The number of nitrogens with zero attached hydrogens (tertiary/aromatic N) is 2. The molecule has 21 heavy (non-hydrogen) atoms. The Bertz CT molecular complexity index is 642. The number of benzene rings is 1. The molecule has 3 nitrogen and oxygen atoms in total. The Morgan fingerprint density at radius 3 is 2.52 bits per heavy atom. The highest BCUT2D eigenvalue weighted by molar-refractivity contribution is 6.36. The van der Waals surface area contributed by atoms with Crippen molar-refractivity contribution in [2.45, 2.75) is 33.6 Å². The van der Waals surface area contributed by atoms with Gasteiger partial charge in [-0.2, -0.15) is 0 Å². The molecule has 0 aliphatic rings. The zero-order chi connectivity index (χ0) is 15.4. The Hall–Kier alpha value is -1.32. The molecule has 1 heterocycles. The summed E-state index contributed by atoms with van der Waals surface area (Å²) in [6, 6.07) is 5.48. The fraction of sp³-hybridized carbons (Fsp3) is 0.375. The molecular formula is C16H19Cl2N3. The topological polar surface area (TPSA) is 37.8 Å². The van der Waals surface area contributed by atoms with Crippen LogP contribution in [0.2, 0.25) is 10.0 Å². The fourth-order valence-electron chi connectivity index (χ4n) is 2.18. The highest BCUT2D eigenvalue weighted by Crippen LogP contribution is 2.33. The average molecular weight is 324 g/mol. The molecule has 1 N–H and O–H groups in total. The van der Waals surface area contributed by atoms with E-state index in [0.717, 1.165) is 47.8 Å². The Kier molecular flexibility index (Phi) is 5.43. The first-order valence-electron chi connectivity index (χ1n) is 7.13. The first kappa shape index (κ1) is 16.1. The van der Waals surface area contributed by atoms with Gasteiger partial charge in [0, 0.05) is 29.1 Å². The van der Waals surface area contributed by atoms with Crippen LogP contribution in [0.4, 0.5) is 5.82 Å². The van der Waals surface area contributed by atoms with E-state index in [1.807, 2.05) is 19.1 Å². The van der Waals surface area contributed by atoms with Crippen LogP contribution in [-0.2, 0) is 6.42 Å². The lowest BCUT2D eigenvalue weighted by Gasteiger charge is -2.14. The van der Waals surface area contributed by atoms with Crippen LogP contribution in [0, 0.1) is 6.92 Å². The highest BCUT2D eigenvalue weighted by Gasteiger charge is 2.14. The minimum absolute atomic E-state index is 0.606. The van der Waals surface area contributed by atoms with Crippen molar-refractivity contribution in [2.75, 3.05) is 11.9 Å². The quantitative estimate of drug-likeness (QED) is 0.827. The van der Waals surface area contributed by atoms with Crippen LogP contribution in [-0.4, -0.2) is 16.5 Å². The monoisotopic (exact) mass is 323 g/mol. The van der Waals surface area contributed by atoms with Crippen LogP contribution >= 0.6 is 23.2 Å². The number of hydrogen-bond donors (Lipinski definition) is 1. The van der Waals surface area contributed by atoms with Crippen LogP contribution in [0.5, 0.6) is 0 Å². The lowest BCUT2D eigenvalue weighted by Crippen LogP contribution is -2.08. The maximum Gasteiger partial charge on any atom is 0.133 e. The van der Waals surface area contributed by atoms with Crippen LogP contribution in [0.15, 0.2) is 18.2 Å². The van der Waals surface area contributed by atoms with Crippen molar-refractivity contribution < 1.29 is 0 Å². The molecule has 2 rings (SSSR count). The molecule has 0 bridgehead atoms. The zero-order valence-electron chi connectivity index (χ0n) is 12.5. The fourth-order valence-corrected chi connectivity index (χ4v) is 2.68. The van der Waals surface area contributed by atoms with Crippen LogP contribution in [0.3, 0.4) is 0 Å². The normalized spacial score (nSPS) is 10.7. The Morgan fingerprint density at radius 2 is 1.90 bits per heavy atom. The van der Waals surface area contributed by atoms with Gasteiger partial charge in [0.25, 0.3) is 0 Å². The van der Waals surface area contributed by atoms with Gasteiger partial charge < -0.3 is 5.32 Å². The average Bonchev–Trinajstić information content (AvgIpc) is 2.43. The summed E-state index contributed by atoms with van der Waals surface area (Å²) in [5.74, 6) is 1.71. The third kappa shape index (κ3) is 3.66. The second-order valence-corrected chi connectivity index (χ2v) is 5.71. The highest BCUT2D eigenvalue weighted by atomic mass is 35.5. The summed E-state index contributed by atoms with van der Waals surface area (Å²) in [6.07, 6.45) is 1.85. The number of aromatic nitrogens is 2. The Balaban J connectivity index is 2.60. The van der Waals surface area contributed by atoms with E-state index < -0.39 is 0 Å². The van der Waals surface area contributed by atoms with E-state index in [0.29, 0.717) is 10.0 Å². The van der Waals surface area contributed by atoms with E-state index in [1.165, 1.54) is 0 Å². The molecule has 0 spiro atoms. The van der Waals surface area contributed by atoms with Gasteiger partial charge in [-0.25, -0.2) is 9.97 Å². The number of halogens is 2. The molecule has 5 heteroatoms. The molecule has 0 atom stereocenters. The standard InChI is InChI=1S/C16H19Cl2N3/c1-4-6-14-20-15(10(3)16(21-14)19-5-2)12-8-7-11(17)9-13(12)18/h7-9H,4-6H2,1-3H3,(H,19,20,21). The van der Waals surface area contributed by atoms with Gasteiger partial charge in [0.05, 0.1) is 10.7 Å². The molecular weight excluding hydrogens is 305 g/mol. The van der Waals surface area contributed by atoms with E-state index in [4.69, 9.17) is 23.2 Å². The van der Waals surface area contributed by atoms with Crippen molar-refractivity contribution in [3.05, 3.63) is 39.6 Å². The SMILES string of the molecule is CCCc1nc(NCC)c(C)c(-c2ccc(Cl)cc2Cl)n1. The number of nitrogens with one attached hydrogen (secondary N) is 1. The summed E-state index contributed by atoms with van der Waals surface area (Å²) in [5.41, 5.74) is 2.75. The summed E-state index contributed by atoms with van der Waals surface area (Å²) >= 11 is 12.3. The van der Waals surface area contributed by atoms with Crippen LogP contribution in [0.1, 0.15) is 31.7 Å². The van der Waals surface area contributed by atoms with Crippen molar-refractivity contribution in [1.82, 2.24) is 9.97 Å². The summed E-state index contributed by atoms with van der Waals surface area (Å²) in [5, 5.41) is 4.52. The second-order valence-electron chi connectivity index (χ2n) is 4.87. The van der Waals surface area contributed by atoms with Gasteiger partial charge in [-0.1, -0.05) is 30.1 Å². The van der Waals surface area contributed by atoms with Gasteiger partial charge >= 0.3 is 0 Å². The van der Waals surface area contributed by atoms with Gasteiger partial charge in [0.1, 0.15) is 11.6 Å². The molecule has 1 aromatic carbocycles. The molecule has 0 unspecified atom stereocenters. The summed E-state index contributed by atoms with van der Waals surface area (Å²) in [6.45, 7) is 6.99. The largest absolute Gasteiger partial charge is 0.370 e.